The second-order valence-electron chi connectivity index (χ2n) is 3.61. The van der Waals surface area contributed by atoms with Gasteiger partial charge in [0.1, 0.15) is 5.75 Å². The van der Waals surface area contributed by atoms with Crippen molar-refractivity contribution in [2.45, 2.75) is 19.3 Å². The van der Waals surface area contributed by atoms with Gasteiger partial charge in [0, 0.05) is 12.1 Å². The number of nitrogens with one attached hydrogen (secondary N) is 1. The quantitative estimate of drug-likeness (QED) is 0.738. The molecule has 1 atom stereocenters. The van der Waals surface area contributed by atoms with Crippen LogP contribution in [0, 0.1) is 0 Å². The summed E-state index contributed by atoms with van der Waals surface area (Å²) < 4.78 is 5.14. The molecule has 1 heterocycles. The number of fused-ring (bicyclic) bond motifs is 1. The van der Waals surface area contributed by atoms with Crippen molar-refractivity contribution in [3.8, 4) is 5.75 Å². The molecule has 0 radical (unpaired) electrons. The normalized spacial score (nSPS) is 19.9. The van der Waals surface area contributed by atoms with Crippen LogP contribution in [0.2, 0.25) is 0 Å². The number of carbonyl (C=O) groups excluding carboxylic acids is 1. The largest absolute Gasteiger partial charge is 0.497 e. The molecule has 1 aromatic rings. The molecule has 3 heteroatoms. The van der Waals surface area contributed by atoms with Gasteiger partial charge in [-0.2, -0.15) is 0 Å². The van der Waals surface area contributed by atoms with Crippen LogP contribution in [-0.4, -0.2) is 13.0 Å². The molecule has 0 saturated carbocycles. The van der Waals surface area contributed by atoms with Crippen LogP contribution in [-0.2, 0) is 4.79 Å². The maximum Gasteiger partial charge on any atom is 0.224 e. The van der Waals surface area contributed by atoms with Crippen LogP contribution in [0.4, 0.5) is 5.69 Å². The zero-order valence-corrected chi connectivity index (χ0v) is 8.33. The van der Waals surface area contributed by atoms with E-state index < -0.39 is 0 Å². The number of rotatable bonds is 1. The monoisotopic (exact) mass is 191 g/mol. The van der Waals surface area contributed by atoms with Gasteiger partial charge in [0.15, 0.2) is 0 Å². The van der Waals surface area contributed by atoms with Crippen molar-refractivity contribution >= 4 is 11.6 Å². The lowest BCUT2D eigenvalue weighted by Crippen LogP contribution is -2.21. The number of benzene rings is 1. The summed E-state index contributed by atoms with van der Waals surface area (Å²) in [5.41, 5.74) is 2.07. The van der Waals surface area contributed by atoms with Gasteiger partial charge in [-0.25, -0.2) is 0 Å². The molecule has 0 fully saturated rings. The molecule has 74 valence electrons. The molecule has 1 amide bonds. The third-order valence-corrected chi connectivity index (χ3v) is 2.56. The Kier molecular flexibility index (Phi) is 2.15. The van der Waals surface area contributed by atoms with Crippen molar-refractivity contribution in [1.29, 1.82) is 0 Å². The summed E-state index contributed by atoms with van der Waals surface area (Å²) in [7, 11) is 1.65. The smallest absolute Gasteiger partial charge is 0.224 e. The predicted molar refractivity (Wildman–Crippen MR) is 54.7 cm³/mol. The van der Waals surface area contributed by atoms with Gasteiger partial charge in [0.05, 0.1) is 7.11 Å². The molecule has 0 bridgehead atoms. The van der Waals surface area contributed by atoms with E-state index in [0.717, 1.165) is 17.0 Å². The van der Waals surface area contributed by atoms with Gasteiger partial charge in [-0.3, -0.25) is 4.79 Å². The number of methoxy groups -OCH3 is 1. The zero-order valence-electron chi connectivity index (χ0n) is 8.33. The molecule has 2 rings (SSSR count). The van der Waals surface area contributed by atoms with E-state index in [4.69, 9.17) is 4.74 Å². The van der Waals surface area contributed by atoms with Crippen LogP contribution < -0.4 is 10.1 Å². The summed E-state index contributed by atoms with van der Waals surface area (Å²) in [5, 5.41) is 2.85. The van der Waals surface area contributed by atoms with Crippen LogP contribution >= 0.6 is 0 Å². The number of hydrogen-bond donors (Lipinski definition) is 1. The summed E-state index contributed by atoms with van der Waals surface area (Å²) in [4.78, 5) is 11.2. The Morgan fingerprint density at radius 1 is 1.50 bits per heavy atom. The highest BCUT2D eigenvalue weighted by atomic mass is 16.5. The lowest BCUT2D eigenvalue weighted by Gasteiger charge is -2.22. The highest BCUT2D eigenvalue weighted by Crippen LogP contribution is 2.34. The van der Waals surface area contributed by atoms with Crippen LogP contribution in [0.25, 0.3) is 0 Å². The van der Waals surface area contributed by atoms with E-state index in [-0.39, 0.29) is 11.8 Å². The summed E-state index contributed by atoms with van der Waals surface area (Å²) in [6.07, 6.45) is 0.556. The molecule has 1 aromatic carbocycles. The number of carbonyl (C=O) groups is 1. The topological polar surface area (TPSA) is 38.3 Å². The molecule has 1 N–H and O–H groups in total. The third-order valence-electron chi connectivity index (χ3n) is 2.56. The van der Waals surface area contributed by atoms with E-state index in [9.17, 15) is 4.79 Å². The van der Waals surface area contributed by atoms with Gasteiger partial charge in [-0.1, -0.05) is 6.92 Å². The average molecular weight is 191 g/mol. The number of anilines is 1. The minimum absolute atomic E-state index is 0.0927. The lowest BCUT2D eigenvalue weighted by atomic mass is 9.92. The fraction of sp³-hybridized carbons (Fsp3) is 0.364. The van der Waals surface area contributed by atoms with Gasteiger partial charge in [0.25, 0.3) is 0 Å². The first-order valence-corrected chi connectivity index (χ1v) is 4.68. The summed E-state index contributed by atoms with van der Waals surface area (Å²) >= 11 is 0. The first kappa shape index (κ1) is 9.06. The fourth-order valence-corrected chi connectivity index (χ4v) is 1.78. The average Bonchev–Trinajstić information content (AvgIpc) is 2.17. The van der Waals surface area contributed by atoms with E-state index >= 15 is 0 Å². The van der Waals surface area contributed by atoms with Crippen molar-refractivity contribution in [3.63, 3.8) is 0 Å². The zero-order chi connectivity index (χ0) is 10.1. The van der Waals surface area contributed by atoms with Crippen molar-refractivity contribution in [1.82, 2.24) is 0 Å². The van der Waals surface area contributed by atoms with E-state index in [0.29, 0.717) is 6.42 Å². The number of ether oxygens (including phenoxy) is 1. The van der Waals surface area contributed by atoms with Crippen molar-refractivity contribution in [3.05, 3.63) is 23.8 Å². The molecule has 0 aliphatic carbocycles. The van der Waals surface area contributed by atoms with Crippen molar-refractivity contribution < 1.29 is 9.53 Å². The van der Waals surface area contributed by atoms with E-state index in [2.05, 4.69) is 12.2 Å². The van der Waals surface area contributed by atoms with Crippen molar-refractivity contribution in [2.75, 3.05) is 12.4 Å². The molecule has 1 aliphatic rings. The highest BCUT2D eigenvalue weighted by molar-refractivity contribution is 5.94. The molecule has 3 nitrogen and oxygen atoms in total. The van der Waals surface area contributed by atoms with Gasteiger partial charge in [-0.05, 0) is 29.7 Å². The second-order valence-corrected chi connectivity index (χ2v) is 3.61. The maximum absolute atomic E-state index is 11.2. The Bertz CT molecular complexity index is 374. The van der Waals surface area contributed by atoms with Crippen LogP contribution in [0.3, 0.4) is 0 Å². The van der Waals surface area contributed by atoms with Crippen LogP contribution in [0.15, 0.2) is 18.2 Å². The first-order chi connectivity index (χ1) is 6.70. The van der Waals surface area contributed by atoms with E-state index in [1.807, 2.05) is 18.2 Å². The lowest BCUT2D eigenvalue weighted by molar-refractivity contribution is -0.116. The number of hydrogen-bond acceptors (Lipinski definition) is 2. The van der Waals surface area contributed by atoms with Gasteiger partial charge in [0.2, 0.25) is 5.91 Å². The SMILES string of the molecule is COc1ccc2c(c1)C(C)CC(=O)N2. The first-order valence-electron chi connectivity index (χ1n) is 4.68. The Balaban J connectivity index is 2.44. The van der Waals surface area contributed by atoms with Crippen LogP contribution in [0.1, 0.15) is 24.8 Å². The molecule has 1 unspecified atom stereocenters. The number of amides is 1. The summed E-state index contributed by atoms with van der Waals surface area (Å²) in [5.74, 6) is 1.20. The third kappa shape index (κ3) is 1.45. The molecule has 14 heavy (non-hydrogen) atoms. The molecular weight excluding hydrogens is 178 g/mol. The fourth-order valence-electron chi connectivity index (χ4n) is 1.78. The Hall–Kier alpha value is -1.51. The minimum atomic E-state index is 0.0927. The summed E-state index contributed by atoms with van der Waals surface area (Å²) in [6.45, 7) is 2.05. The Morgan fingerprint density at radius 2 is 2.29 bits per heavy atom. The Labute approximate surface area is 83.1 Å². The van der Waals surface area contributed by atoms with Gasteiger partial charge >= 0.3 is 0 Å². The van der Waals surface area contributed by atoms with E-state index in [1.54, 1.807) is 7.11 Å². The standard InChI is InChI=1S/C11H13NO2/c1-7-5-11(13)12-10-4-3-8(14-2)6-9(7)10/h3-4,6-7H,5H2,1-2H3,(H,12,13). The van der Waals surface area contributed by atoms with Gasteiger partial charge in [-0.15, -0.1) is 0 Å². The summed E-state index contributed by atoms with van der Waals surface area (Å²) in [6, 6.07) is 5.73. The maximum atomic E-state index is 11.2. The van der Waals surface area contributed by atoms with E-state index in [1.165, 1.54) is 0 Å². The van der Waals surface area contributed by atoms with Crippen molar-refractivity contribution in [2.24, 2.45) is 0 Å². The van der Waals surface area contributed by atoms with Gasteiger partial charge < -0.3 is 10.1 Å². The van der Waals surface area contributed by atoms with Crippen LogP contribution in [0.5, 0.6) is 5.75 Å². The Morgan fingerprint density at radius 3 is 3.00 bits per heavy atom. The molecule has 1 aliphatic heterocycles. The molecular formula is C11H13NO2. The molecule has 0 spiro atoms. The minimum Gasteiger partial charge on any atom is -0.497 e. The highest BCUT2D eigenvalue weighted by Gasteiger charge is 2.21. The molecule has 0 aromatic heterocycles. The molecule has 0 saturated heterocycles. The second kappa shape index (κ2) is 3.33. The predicted octanol–water partition coefficient (Wildman–Crippen LogP) is 2.14.